The molecule has 10 heteroatoms. The van der Waals surface area contributed by atoms with Gasteiger partial charge in [-0.3, -0.25) is 9.59 Å². The van der Waals surface area contributed by atoms with Gasteiger partial charge in [0.2, 0.25) is 11.8 Å². The van der Waals surface area contributed by atoms with Crippen molar-refractivity contribution in [1.82, 2.24) is 15.3 Å². The summed E-state index contributed by atoms with van der Waals surface area (Å²) >= 11 is 1.18. The van der Waals surface area contributed by atoms with Gasteiger partial charge in [-0.2, -0.15) is 0 Å². The monoisotopic (exact) mass is 422 g/mol. The Hall–Kier alpha value is -3.01. The second-order valence-corrected chi connectivity index (χ2v) is 7.64. The van der Waals surface area contributed by atoms with Crippen molar-refractivity contribution in [2.24, 2.45) is 0 Å². The van der Waals surface area contributed by atoms with Gasteiger partial charge < -0.3 is 15.6 Å². The summed E-state index contributed by atoms with van der Waals surface area (Å²) in [6.07, 6.45) is 0. The maximum absolute atomic E-state index is 13.6. The molecule has 3 N–H and O–H groups in total. The molecule has 29 heavy (non-hydrogen) atoms. The van der Waals surface area contributed by atoms with Crippen molar-refractivity contribution in [1.29, 1.82) is 0 Å². The average molecular weight is 422 g/mol. The molecule has 6 nitrogen and oxygen atoms in total. The van der Waals surface area contributed by atoms with E-state index in [2.05, 4.69) is 20.6 Å². The van der Waals surface area contributed by atoms with Crippen molar-refractivity contribution in [2.45, 2.75) is 24.3 Å². The molecule has 0 bridgehead atoms. The fourth-order valence-corrected chi connectivity index (χ4v) is 3.35. The van der Waals surface area contributed by atoms with Crippen LogP contribution in [-0.2, 0) is 9.59 Å². The van der Waals surface area contributed by atoms with Crippen molar-refractivity contribution >= 4 is 40.3 Å². The lowest BCUT2D eigenvalue weighted by atomic mass is 10.2. The quantitative estimate of drug-likeness (QED) is 0.419. The Bertz CT molecular complexity index is 1090. The third-order valence-corrected chi connectivity index (χ3v) is 4.99. The molecule has 0 saturated carbocycles. The van der Waals surface area contributed by atoms with E-state index in [4.69, 9.17) is 0 Å². The van der Waals surface area contributed by atoms with E-state index in [1.54, 1.807) is 6.92 Å². The minimum absolute atomic E-state index is 0.437. The molecule has 152 valence electrons. The molecule has 2 aromatic carbocycles. The van der Waals surface area contributed by atoms with Crippen LogP contribution in [-0.4, -0.2) is 33.6 Å². The summed E-state index contributed by atoms with van der Waals surface area (Å²) in [4.78, 5) is 31.6. The predicted octanol–water partition coefficient (Wildman–Crippen LogP) is 3.52. The van der Waals surface area contributed by atoms with Crippen LogP contribution in [0.1, 0.15) is 12.5 Å². The van der Waals surface area contributed by atoms with Crippen molar-refractivity contribution < 1.29 is 22.8 Å². The number of imidazole rings is 1. The SMILES string of the molecule is Cc1ccc2nc(S[C@H](C)C(=O)NCC(=O)Nc3ccc(F)c(F)c3F)[nH]c2c1. The van der Waals surface area contributed by atoms with E-state index in [9.17, 15) is 22.8 Å². The number of thioether (sulfide) groups is 1. The third kappa shape index (κ3) is 4.89. The first-order chi connectivity index (χ1) is 13.7. The molecule has 0 aliphatic rings. The topological polar surface area (TPSA) is 86.9 Å². The minimum atomic E-state index is -1.68. The Balaban J connectivity index is 1.54. The molecule has 0 spiro atoms. The smallest absolute Gasteiger partial charge is 0.243 e. The lowest BCUT2D eigenvalue weighted by Gasteiger charge is -2.11. The number of anilines is 1. The van der Waals surface area contributed by atoms with Gasteiger partial charge >= 0.3 is 0 Å². The van der Waals surface area contributed by atoms with Crippen LogP contribution < -0.4 is 10.6 Å². The first kappa shape index (κ1) is 20.7. The highest BCUT2D eigenvalue weighted by molar-refractivity contribution is 8.00. The summed E-state index contributed by atoms with van der Waals surface area (Å²) in [5.74, 6) is -5.76. The normalized spacial score (nSPS) is 12.0. The zero-order valence-electron chi connectivity index (χ0n) is 15.5. The second-order valence-electron chi connectivity index (χ2n) is 6.31. The van der Waals surface area contributed by atoms with Crippen molar-refractivity contribution in [3.05, 3.63) is 53.3 Å². The number of aromatic amines is 1. The lowest BCUT2D eigenvalue weighted by Crippen LogP contribution is -2.37. The number of carbonyl (C=O) groups is 2. The van der Waals surface area contributed by atoms with Crippen molar-refractivity contribution in [2.75, 3.05) is 11.9 Å². The predicted molar refractivity (Wildman–Crippen MR) is 104 cm³/mol. The number of rotatable bonds is 6. The maximum atomic E-state index is 13.6. The van der Waals surface area contributed by atoms with Crippen LogP contribution in [0.3, 0.4) is 0 Å². The number of amides is 2. The van der Waals surface area contributed by atoms with Crippen molar-refractivity contribution in [3.8, 4) is 0 Å². The van der Waals surface area contributed by atoms with E-state index in [0.717, 1.165) is 22.7 Å². The lowest BCUT2D eigenvalue weighted by molar-refractivity contribution is -0.123. The van der Waals surface area contributed by atoms with Crippen LogP contribution in [0.4, 0.5) is 18.9 Å². The Labute approximate surface area is 168 Å². The van der Waals surface area contributed by atoms with Gasteiger partial charge in [-0.1, -0.05) is 17.8 Å². The Kier molecular flexibility index (Phi) is 6.12. The number of H-pyrrole nitrogens is 1. The largest absolute Gasteiger partial charge is 0.346 e. The molecule has 1 heterocycles. The van der Waals surface area contributed by atoms with Crippen LogP contribution in [0, 0.1) is 24.4 Å². The molecule has 0 aliphatic heterocycles. The third-order valence-electron chi connectivity index (χ3n) is 4.01. The number of hydrogen-bond donors (Lipinski definition) is 3. The van der Waals surface area contributed by atoms with Gasteiger partial charge in [0.15, 0.2) is 22.6 Å². The van der Waals surface area contributed by atoms with E-state index in [-0.39, 0.29) is 0 Å². The molecule has 0 fully saturated rings. The maximum Gasteiger partial charge on any atom is 0.243 e. The summed E-state index contributed by atoms with van der Waals surface area (Å²) in [5, 5.41) is 4.48. The molecule has 3 aromatic rings. The van der Waals surface area contributed by atoms with Crippen LogP contribution in [0.5, 0.6) is 0 Å². The highest BCUT2D eigenvalue weighted by Gasteiger charge is 2.19. The summed E-state index contributed by atoms with van der Waals surface area (Å²) < 4.78 is 39.7. The van der Waals surface area contributed by atoms with Crippen LogP contribution in [0.25, 0.3) is 11.0 Å². The second kappa shape index (κ2) is 8.56. The molecular formula is C19H17F3N4O2S. The molecular weight excluding hydrogens is 405 g/mol. The van der Waals surface area contributed by atoms with Gasteiger partial charge in [-0.05, 0) is 43.7 Å². The van der Waals surface area contributed by atoms with Crippen molar-refractivity contribution in [3.63, 3.8) is 0 Å². The van der Waals surface area contributed by atoms with Gasteiger partial charge in [0.05, 0.1) is 28.5 Å². The number of hydrogen-bond acceptors (Lipinski definition) is 4. The molecule has 0 radical (unpaired) electrons. The van der Waals surface area contributed by atoms with Gasteiger partial charge in [0.1, 0.15) is 0 Å². The van der Waals surface area contributed by atoms with Crippen LogP contribution >= 0.6 is 11.8 Å². The highest BCUT2D eigenvalue weighted by atomic mass is 32.2. The number of nitrogens with one attached hydrogen (secondary N) is 3. The van der Waals surface area contributed by atoms with E-state index >= 15 is 0 Å². The number of aryl methyl sites for hydroxylation is 1. The van der Waals surface area contributed by atoms with Crippen LogP contribution in [0.15, 0.2) is 35.5 Å². The zero-order chi connectivity index (χ0) is 21.1. The number of nitrogens with zero attached hydrogens (tertiary/aromatic N) is 1. The molecule has 1 aromatic heterocycles. The summed E-state index contributed by atoms with van der Waals surface area (Å²) in [5.41, 5.74) is 2.20. The summed E-state index contributed by atoms with van der Waals surface area (Å²) in [6.45, 7) is 3.15. The van der Waals surface area contributed by atoms with Gasteiger partial charge in [0, 0.05) is 0 Å². The number of halogens is 3. The highest BCUT2D eigenvalue weighted by Crippen LogP contribution is 2.24. The van der Waals surface area contributed by atoms with Gasteiger partial charge in [-0.25, -0.2) is 18.2 Å². The standard InChI is InChI=1S/C19H17F3N4O2S/c1-9-3-5-12-14(7-9)26-19(25-12)29-10(2)18(28)23-8-15(27)24-13-6-4-11(20)16(21)17(13)22/h3-7,10H,8H2,1-2H3,(H,23,28)(H,24,27)(H,25,26)/t10-/m1/s1. The Morgan fingerprint density at radius 2 is 1.93 bits per heavy atom. The number of fused-ring (bicyclic) bond motifs is 1. The average Bonchev–Trinajstić information content (AvgIpc) is 3.07. The fraction of sp³-hybridized carbons (Fsp3) is 0.211. The van der Waals surface area contributed by atoms with E-state index < -0.39 is 46.7 Å². The Morgan fingerprint density at radius 1 is 1.17 bits per heavy atom. The molecule has 2 amide bonds. The zero-order valence-corrected chi connectivity index (χ0v) is 16.3. The van der Waals surface area contributed by atoms with Gasteiger partial charge in [0.25, 0.3) is 0 Å². The fourth-order valence-electron chi connectivity index (χ4n) is 2.50. The molecule has 0 unspecified atom stereocenters. The van der Waals surface area contributed by atoms with Crippen LogP contribution in [0.2, 0.25) is 0 Å². The first-order valence-electron chi connectivity index (χ1n) is 8.58. The Morgan fingerprint density at radius 3 is 2.69 bits per heavy atom. The van der Waals surface area contributed by atoms with E-state index in [1.807, 2.05) is 25.1 Å². The number of carbonyl (C=O) groups excluding carboxylic acids is 2. The van der Waals surface area contributed by atoms with E-state index in [0.29, 0.717) is 11.2 Å². The number of benzene rings is 2. The summed E-state index contributed by atoms with van der Waals surface area (Å²) in [7, 11) is 0. The van der Waals surface area contributed by atoms with E-state index in [1.165, 1.54) is 11.8 Å². The minimum Gasteiger partial charge on any atom is -0.346 e. The first-order valence-corrected chi connectivity index (χ1v) is 9.46. The number of aromatic nitrogens is 2. The molecule has 0 aliphatic carbocycles. The van der Waals surface area contributed by atoms with Gasteiger partial charge in [-0.15, -0.1) is 0 Å². The molecule has 0 saturated heterocycles. The summed E-state index contributed by atoms with van der Waals surface area (Å²) in [6, 6.07) is 7.34. The molecule has 1 atom stereocenters. The molecule has 3 rings (SSSR count).